The summed E-state index contributed by atoms with van der Waals surface area (Å²) in [6, 6.07) is -3.55. The smallest absolute Gasteiger partial charge is 0.326 e. The van der Waals surface area contributed by atoms with Gasteiger partial charge in [0.05, 0.1) is 19.0 Å². The molecule has 0 aliphatic rings. The van der Waals surface area contributed by atoms with Crippen LogP contribution in [0.3, 0.4) is 0 Å². The fourth-order valence-corrected chi connectivity index (χ4v) is 1.98. The average molecular weight is 389 g/mol. The fourth-order valence-electron chi connectivity index (χ4n) is 1.98. The summed E-state index contributed by atoms with van der Waals surface area (Å²) in [6.45, 7) is 1.38. The number of hydrogen-bond acceptors (Lipinski definition) is 7. The normalized spacial score (nSPS) is 13.7. The van der Waals surface area contributed by atoms with Crippen LogP contribution in [0.15, 0.2) is 0 Å². The largest absolute Gasteiger partial charge is 0.481 e. The first-order valence-electron chi connectivity index (χ1n) is 8.36. The van der Waals surface area contributed by atoms with E-state index in [4.69, 9.17) is 21.7 Å². The van der Waals surface area contributed by atoms with E-state index in [0.717, 1.165) is 0 Å². The summed E-state index contributed by atoms with van der Waals surface area (Å²) in [6.07, 6.45) is 0.390. The molecule has 3 unspecified atom stereocenters. The molecule has 0 aliphatic heterocycles. The first-order valence-corrected chi connectivity index (χ1v) is 8.36. The number of carbonyl (C=O) groups is 5. The van der Waals surface area contributed by atoms with Crippen LogP contribution in [0, 0.1) is 0 Å². The van der Waals surface area contributed by atoms with Crippen LogP contribution in [0.5, 0.6) is 0 Å². The monoisotopic (exact) mass is 389 g/mol. The molecule has 0 heterocycles. The molecule has 0 saturated heterocycles. The Balaban J connectivity index is 4.91. The Kier molecular flexibility index (Phi) is 11.3. The highest BCUT2D eigenvalue weighted by atomic mass is 16.4. The Morgan fingerprint density at radius 3 is 2.07 bits per heavy atom. The molecule has 0 aromatic rings. The Hall–Kier alpha value is -2.73. The number of unbranched alkanes of at least 4 members (excludes halogenated alkanes) is 1. The van der Waals surface area contributed by atoms with Gasteiger partial charge in [0.15, 0.2) is 0 Å². The van der Waals surface area contributed by atoms with Crippen LogP contribution in [0.1, 0.15) is 32.6 Å². The van der Waals surface area contributed by atoms with Crippen LogP contribution in [0.25, 0.3) is 0 Å². The van der Waals surface area contributed by atoms with Gasteiger partial charge >= 0.3 is 11.9 Å². The number of rotatable bonds is 13. The summed E-state index contributed by atoms with van der Waals surface area (Å²) in [5.74, 6) is -4.98. The summed E-state index contributed by atoms with van der Waals surface area (Å²) in [5.41, 5.74) is 10.7. The summed E-state index contributed by atoms with van der Waals surface area (Å²) in [4.78, 5) is 57.4. The maximum Gasteiger partial charge on any atom is 0.326 e. The van der Waals surface area contributed by atoms with Crippen molar-refractivity contribution >= 4 is 29.7 Å². The zero-order valence-corrected chi connectivity index (χ0v) is 15.1. The van der Waals surface area contributed by atoms with E-state index in [1.54, 1.807) is 0 Å². The lowest BCUT2D eigenvalue weighted by atomic mass is 10.1. The van der Waals surface area contributed by atoms with Gasteiger partial charge in [0.2, 0.25) is 17.7 Å². The minimum absolute atomic E-state index is 0.162. The molecule has 0 aromatic heterocycles. The molecule has 3 atom stereocenters. The van der Waals surface area contributed by atoms with Crippen molar-refractivity contribution in [2.45, 2.75) is 50.7 Å². The minimum Gasteiger partial charge on any atom is -0.481 e. The van der Waals surface area contributed by atoms with E-state index in [2.05, 4.69) is 16.0 Å². The predicted molar refractivity (Wildman–Crippen MR) is 93.3 cm³/mol. The SMILES string of the molecule is CC(N)C(=O)NCC(=O)NC(CCCCN)C(=O)NC(CC(=O)O)C(=O)O. The van der Waals surface area contributed by atoms with Crippen molar-refractivity contribution in [1.82, 2.24) is 16.0 Å². The molecular weight excluding hydrogens is 362 g/mol. The van der Waals surface area contributed by atoms with Crippen LogP contribution in [-0.4, -0.2) is 71.1 Å². The van der Waals surface area contributed by atoms with Crippen LogP contribution in [-0.2, 0) is 24.0 Å². The lowest BCUT2D eigenvalue weighted by molar-refractivity contribution is -0.147. The second-order valence-corrected chi connectivity index (χ2v) is 5.91. The zero-order valence-electron chi connectivity index (χ0n) is 15.1. The third kappa shape index (κ3) is 10.8. The van der Waals surface area contributed by atoms with Crippen molar-refractivity contribution in [3.8, 4) is 0 Å². The quantitative estimate of drug-likeness (QED) is 0.161. The molecule has 0 saturated carbocycles. The third-order valence-electron chi connectivity index (χ3n) is 3.43. The van der Waals surface area contributed by atoms with E-state index in [1.165, 1.54) is 6.92 Å². The maximum absolute atomic E-state index is 12.3. The molecule has 0 spiro atoms. The van der Waals surface area contributed by atoms with Gasteiger partial charge in [-0.15, -0.1) is 0 Å². The number of nitrogens with two attached hydrogens (primary N) is 2. The van der Waals surface area contributed by atoms with Crippen molar-refractivity contribution in [1.29, 1.82) is 0 Å². The standard InChI is InChI=1S/C15H27N5O7/c1-8(17)13(24)18-7-11(21)19-9(4-2-3-5-16)14(25)20-10(15(26)27)6-12(22)23/h8-10H,2-7,16-17H2,1H3,(H,18,24)(H,19,21)(H,20,25)(H,22,23)(H,26,27). The molecule has 0 bridgehead atoms. The second kappa shape index (κ2) is 12.6. The van der Waals surface area contributed by atoms with Gasteiger partial charge in [-0.2, -0.15) is 0 Å². The van der Waals surface area contributed by atoms with Crippen molar-refractivity contribution in [2.24, 2.45) is 11.5 Å². The molecule has 154 valence electrons. The highest BCUT2D eigenvalue weighted by Gasteiger charge is 2.28. The average Bonchev–Trinajstić information content (AvgIpc) is 2.57. The summed E-state index contributed by atoms with van der Waals surface area (Å²) >= 11 is 0. The highest BCUT2D eigenvalue weighted by molar-refractivity contribution is 5.93. The van der Waals surface area contributed by atoms with E-state index in [-0.39, 0.29) is 6.42 Å². The molecule has 12 nitrogen and oxygen atoms in total. The van der Waals surface area contributed by atoms with Gasteiger partial charge in [0, 0.05) is 0 Å². The van der Waals surface area contributed by atoms with E-state index < -0.39 is 60.8 Å². The van der Waals surface area contributed by atoms with Gasteiger partial charge in [-0.1, -0.05) is 0 Å². The zero-order chi connectivity index (χ0) is 21.0. The molecule has 0 fully saturated rings. The second-order valence-electron chi connectivity index (χ2n) is 5.91. The van der Waals surface area contributed by atoms with Crippen molar-refractivity contribution in [3.05, 3.63) is 0 Å². The van der Waals surface area contributed by atoms with Crippen LogP contribution in [0.2, 0.25) is 0 Å². The lowest BCUT2D eigenvalue weighted by Gasteiger charge is -2.21. The van der Waals surface area contributed by atoms with Crippen molar-refractivity contribution in [3.63, 3.8) is 0 Å². The topological polar surface area (TPSA) is 214 Å². The summed E-state index contributed by atoms with van der Waals surface area (Å²) in [7, 11) is 0. The van der Waals surface area contributed by atoms with Gasteiger partial charge in [-0.05, 0) is 32.7 Å². The lowest BCUT2D eigenvalue weighted by Crippen LogP contribution is -2.54. The molecule has 12 heteroatoms. The first kappa shape index (κ1) is 24.3. The number of nitrogens with one attached hydrogen (secondary N) is 3. The number of carbonyl (C=O) groups excluding carboxylic acids is 3. The fraction of sp³-hybridized carbons (Fsp3) is 0.667. The number of aliphatic carboxylic acids is 2. The maximum atomic E-state index is 12.3. The van der Waals surface area contributed by atoms with Gasteiger partial charge in [0.1, 0.15) is 12.1 Å². The molecule has 3 amide bonds. The van der Waals surface area contributed by atoms with E-state index in [9.17, 15) is 24.0 Å². The van der Waals surface area contributed by atoms with Gasteiger partial charge < -0.3 is 37.6 Å². The van der Waals surface area contributed by atoms with Crippen LogP contribution in [0.4, 0.5) is 0 Å². The molecule has 0 aliphatic carbocycles. The summed E-state index contributed by atoms with van der Waals surface area (Å²) < 4.78 is 0. The van der Waals surface area contributed by atoms with Gasteiger partial charge in [-0.3, -0.25) is 19.2 Å². The first-order chi connectivity index (χ1) is 12.6. The Bertz CT molecular complexity index is 553. The molecule has 0 radical (unpaired) electrons. The van der Waals surface area contributed by atoms with E-state index in [1.807, 2.05) is 0 Å². The molecule has 27 heavy (non-hydrogen) atoms. The van der Waals surface area contributed by atoms with Crippen LogP contribution < -0.4 is 27.4 Å². The molecule has 9 N–H and O–H groups in total. The van der Waals surface area contributed by atoms with Crippen LogP contribution >= 0.6 is 0 Å². The highest BCUT2D eigenvalue weighted by Crippen LogP contribution is 2.03. The number of amides is 3. The Morgan fingerprint density at radius 2 is 1.59 bits per heavy atom. The molecule has 0 rings (SSSR count). The van der Waals surface area contributed by atoms with Crippen molar-refractivity contribution in [2.75, 3.05) is 13.1 Å². The Morgan fingerprint density at radius 1 is 0.963 bits per heavy atom. The van der Waals surface area contributed by atoms with E-state index >= 15 is 0 Å². The number of carboxylic acids is 2. The third-order valence-corrected chi connectivity index (χ3v) is 3.43. The molecular formula is C15H27N5O7. The number of hydrogen-bond donors (Lipinski definition) is 7. The minimum atomic E-state index is -1.64. The van der Waals surface area contributed by atoms with Gasteiger partial charge in [0.25, 0.3) is 0 Å². The summed E-state index contributed by atoms with van der Waals surface area (Å²) in [5, 5.41) is 24.5. The van der Waals surface area contributed by atoms with Gasteiger partial charge in [-0.25, -0.2) is 4.79 Å². The predicted octanol–water partition coefficient (Wildman–Crippen LogP) is -2.89. The number of carboxylic acid groups (broad SMARTS) is 2. The van der Waals surface area contributed by atoms with E-state index in [0.29, 0.717) is 19.4 Å². The van der Waals surface area contributed by atoms with Crippen molar-refractivity contribution < 1.29 is 34.2 Å². The Labute approximate surface area is 156 Å². The molecule has 0 aromatic carbocycles.